The monoisotopic (exact) mass is 308 g/mol. The molecule has 0 bridgehead atoms. The fraction of sp³-hybridized carbons (Fsp3) is 0.267. The second kappa shape index (κ2) is 7.43. The molecule has 0 radical (unpaired) electrons. The first kappa shape index (κ1) is 15.0. The summed E-state index contributed by atoms with van der Waals surface area (Å²) >= 11 is 7.53. The first-order chi connectivity index (χ1) is 9.63. The van der Waals surface area contributed by atoms with E-state index in [0.717, 1.165) is 12.1 Å². The van der Waals surface area contributed by atoms with Crippen molar-refractivity contribution < 1.29 is 4.79 Å². The third-order valence-corrected chi connectivity index (χ3v) is 3.98. The van der Waals surface area contributed by atoms with Crippen LogP contribution < -0.4 is 10.6 Å². The number of nitrogens with one attached hydrogen (secondary N) is 2. The number of amides is 1. The van der Waals surface area contributed by atoms with Crippen molar-refractivity contribution in [1.82, 2.24) is 5.32 Å². The van der Waals surface area contributed by atoms with Crippen LogP contribution >= 0.6 is 22.9 Å². The maximum absolute atomic E-state index is 11.8. The highest BCUT2D eigenvalue weighted by atomic mass is 35.5. The van der Waals surface area contributed by atoms with Crippen molar-refractivity contribution in [3.8, 4) is 0 Å². The van der Waals surface area contributed by atoms with Gasteiger partial charge in [0.1, 0.15) is 0 Å². The summed E-state index contributed by atoms with van der Waals surface area (Å²) in [5, 5.41) is 8.77. The highest BCUT2D eigenvalue weighted by Gasteiger charge is 2.07. The number of anilines is 1. The predicted octanol–water partition coefficient (Wildman–Crippen LogP) is 3.56. The molecule has 106 valence electrons. The lowest BCUT2D eigenvalue weighted by atomic mass is 10.2. The van der Waals surface area contributed by atoms with Gasteiger partial charge in [-0.05, 0) is 49.1 Å². The van der Waals surface area contributed by atoms with Crippen LogP contribution in [-0.4, -0.2) is 18.5 Å². The number of carbonyl (C=O) groups excluding carboxylic acids is 1. The molecule has 2 rings (SSSR count). The number of hydrogen-bond donors (Lipinski definition) is 2. The minimum absolute atomic E-state index is 0.0506. The molecule has 0 spiro atoms. The SMILES string of the molecule is CC(Cc1cccs1)NCC(=O)Nc1ccc(Cl)cc1. The Morgan fingerprint density at radius 2 is 2.05 bits per heavy atom. The molecular weight excluding hydrogens is 292 g/mol. The van der Waals surface area contributed by atoms with Crippen molar-refractivity contribution in [2.24, 2.45) is 0 Å². The summed E-state index contributed by atoms with van der Waals surface area (Å²) in [7, 11) is 0. The Balaban J connectivity index is 1.73. The molecule has 0 fully saturated rings. The van der Waals surface area contributed by atoms with Gasteiger partial charge >= 0.3 is 0 Å². The van der Waals surface area contributed by atoms with Crippen molar-refractivity contribution in [3.63, 3.8) is 0 Å². The van der Waals surface area contributed by atoms with Gasteiger partial charge in [-0.2, -0.15) is 0 Å². The van der Waals surface area contributed by atoms with E-state index in [1.54, 1.807) is 35.6 Å². The van der Waals surface area contributed by atoms with Crippen LogP contribution in [0.3, 0.4) is 0 Å². The lowest BCUT2D eigenvalue weighted by molar-refractivity contribution is -0.115. The Bertz CT molecular complexity index is 540. The molecule has 2 aromatic rings. The molecule has 0 aliphatic heterocycles. The van der Waals surface area contributed by atoms with E-state index in [9.17, 15) is 4.79 Å². The zero-order valence-corrected chi connectivity index (χ0v) is 12.8. The van der Waals surface area contributed by atoms with Gasteiger partial charge in [-0.25, -0.2) is 0 Å². The van der Waals surface area contributed by atoms with Crippen LogP contribution in [0.25, 0.3) is 0 Å². The molecule has 1 atom stereocenters. The van der Waals surface area contributed by atoms with E-state index in [0.29, 0.717) is 11.6 Å². The van der Waals surface area contributed by atoms with Gasteiger partial charge < -0.3 is 10.6 Å². The zero-order chi connectivity index (χ0) is 14.4. The van der Waals surface area contributed by atoms with Gasteiger partial charge in [-0.3, -0.25) is 4.79 Å². The van der Waals surface area contributed by atoms with Crippen LogP contribution in [0.1, 0.15) is 11.8 Å². The Labute approximate surface area is 128 Å². The molecule has 1 unspecified atom stereocenters. The Morgan fingerprint density at radius 3 is 2.70 bits per heavy atom. The summed E-state index contributed by atoms with van der Waals surface area (Å²) in [6.45, 7) is 2.38. The minimum atomic E-state index is -0.0506. The van der Waals surface area contributed by atoms with Gasteiger partial charge in [0.15, 0.2) is 0 Å². The smallest absolute Gasteiger partial charge is 0.238 e. The van der Waals surface area contributed by atoms with E-state index < -0.39 is 0 Å². The van der Waals surface area contributed by atoms with E-state index in [4.69, 9.17) is 11.6 Å². The fourth-order valence-corrected chi connectivity index (χ4v) is 2.77. The largest absolute Gasteiger partial charge is 0.325 e. The van der Waals surface area contributed by atoms with Gasteiger partial charge in [0, 0.05) is 21.6 Å². The first-order valence-corrected chi connectivity index (χ1v) is 7.70. The summed E-state index contributed by atoms with van der Waals surface area (Å²) in [5.41, 5.74) is 0.757. The van der Waals surface area contributed by atoms with Crippen molar-refractivity contribution >= 4 is 34.5 Å². The van der Waals surface area contributed by atoms with Crippen LogP contribution in [0, 0.1) is 0 Å². The maximum atomic E-state index is 11.8. The second-order valence-corrected chi connectivity index (χ2v) is 6.09. The highest BCUT2D eigenvalue weighted by molar-refractivity contribution is 7.09. The molecule has 1 aromatic heterocycles. The molecule has 0 saturated carbocycles. The number of carbonyl (C=O) groups is 1. The van der Waals surface area contributed by atoms with E-state index in [2.05, 4.69) is 29.0 Å². The van der Waals surface area contributed by atoms with Crippen LogP contribution in [0.15, 0.2) is 41.8 Å². The van der Waals surface area contributed by atoms with Gasteiger partial charge in [0.2, 0.25) is 5.91 Å². The van der Waals surface area contributed by atoms with Crippen molar-refractivity contribution in [2.75, 3.05) is 11.9 Å². The Kier molecular flexibility index (Phi) is 5.59. The standard InChI is InChI=1S/C15H17ClN2OS/c1-11(9-14-3-2-8-20-14)17-10-15(19)18-13-6-4-12(16)5-7-13/h2-8,11,17H,9-10H2,1H3,(H,18,19). The average Bonchev–Trinajstić information content (AvgIpc) is 2.92. The van der Waals surface area contributed by atoms with Crippen LogP contribution in [0.5, 0.6) is 0 Å². The Hall–Kier alpha value is -1.36. The second-order valence-electron chi connectivity index (χ2n) is 4.62. The van der Waals surface area contributed by atoms with E-state index in [-0.39, 0.29) is 11.9 Å². The van der Waals surface area contributed by atoms with E-state index in [1.807, 2.05) is 6.07 Å². The van der Waals surface area contributed by atoms with Crippen LogP contribution in [-0.2, 0) is 11.2 Å². The van der Waals surface area contributed by atoms with Crippen LogP contribution in [0.2, 0.25) is 5.02 Å². The summed E-state index contributed by atoms with van der Waals surface area (Å²) in [6, 6.07) is 11.5. The lowest BCUT2D eigenvalue weighted by Crippen LogP contribution is -2.35. The minimum Gasteiger partial charge on any atom is -0.325 e. The molecule has 0 saturated heterocycles. The quantitative estimate of drug-likeness (QED) is 0.856. The lowest BCUT2D eigenvalue weighted by Gasteiger charge is -2.12. The van der Waals surface area contributed by atoms with Gasteiger partial charge in [-0.1, -0.05) is 17.7 Å². The Morgan fingerprint density at radius 1 is 1.30 bits per heavy atom. The molecule has 1 heterocycles. The number of rotatable bonds is 6. The molecule has 0 aliphatic carbocycles. The average molecular weight is 309 g/mol. The van der Waals surface area contributed by atoms with E-state index in [1.165, 1.54) is 4.88 Å². The summed E-state index contributed by atoms with van der Waals surface area (Å²) < 4.78 is 0. The zero-order valence-electron chi connectivity index (χ0n) is 11.2. The summed E-state index contributed by atoms with van der Waals surface area (Å²) in [6.07, 6.45) is 0.936. The molecule has 1 amide bonds. The molecule has 3 nitrogen and oxygen atoms in total. The van der Waals surface area contributed by atoms with Crippen molar-refractivity contribution in [3.05, 3.63) is 51.7 Å². The fourth-order valence-electron chi connectivity index (χ4n) is 1.81. The third kappa shape index (κ3) is 4.96. The highest BCUT2D eigenvalue weighted by Crippen LogP contribution is 2.13. The third-order valence-electron chi connectivity index (χ3n) is 2.83. The normalized spacial score (nSPS) is 12.1. The van der Waals surface area contributed by atoms with Gasteiger partial charge in [-0.15, -0.1) is 11.3 Å². The molecule has 20 heavy (non-hydrogen) atoms. The van der Waals surface area contributed by atoms with Gasteiger partial charge in [0.05, 0.1) is 6.54 Å². The molecule has 1 aromatic carbocycles. The predicted molar refractivity (Wildman–Crippen MR) is 85.6 cm³/mol. The summed E-state index contributed by atoms with van der Waals surface area (Å²) in [4.78, 5) is 13.1. The van der Waals surface area contributed by atoms with Gasteiger partial charge in [0.25, 0.3) is 0 Å². The number of hydrogen-bond acceptors (Lipinski definition) is 3. The summed E-state index contributed by atoms with van der Waals surface area (Å²) in [5.74, 6) is -0.0506. The number of benzene rings is 1. The molecule has 0 aliphatic rings. The molecule has 2 N–H and O–H groups in total. The maximum Gasteiger partial charge on any atom is 0.238 e. The van der Waals surface area contributed by atoms with Crippen molar-refractivity contribution in [1.29, 1.82) is 0 Å². The topological polar surface area (TPSA) is 41.1 Å². The van der Waals surface area contributed by atoms with Crippen LogP contribution in [0.4, 0.5) is 5.69 Å². The number of thiophene rings is 1. The molecular formula is C15H17ClN2OS. The number of halogens is 1. The molecule has 5 heteroatoms. The first-order valence-electron chi connectivity index (χ1n) is 6.44. The van der Waals surface area contributed by atoms with Crippen molar-refractivity contribution in [2.45, 2.75) is 19.4 Å². The van der Waals surface area contributed by atoms with E-state index >= 15 is 0 Å².